The summed E-state index contributed by atoms with van der Waals surface area (Å²) < 4.78 is 0. The van der Waals surface area contributed by atoms with E-state index in [1.807, 2.05) is 19.0 Å². The lowest BCUT2D eigenvalue weighted by molar-refractivity contribution is 0.223. The summed E-state index contributed by atoms with van der Waals surface area (Å²) in [6.45, 7) is 2.96. The van der Waals surface area contributed by atoms with Crippen molar-refractivity contribution in [1.82, 2.24) is 15.1 Å². The summed E-state index contributed by atoms with van der Waals surface area (Å²) in [6.07, 6.45) is 1.59. The van der Waals surface area contributed by atoms with Gasteiger partial charge in [0.15, 0.2) is 0 Å². The van der Waals surface area contributed by atoms with E-state index >= 15 is 0 Å². The molecule has 0 saturated carbocycles. The Morgan fingerprint density at radius 1 is 1.69 bits per heavy atom. The zero-order chi connectivity index (χ0) is 9.68. The molecule has 5 nitrogen and oxygen atoms in total. The molecule has 1 aliphatic rings. The molecule has 0 aromatic carbocycles. The lowest BCUT2D eigenvalue weighted by atomic mass is 10.5. The van der Waals surface area contributed by atoms with E-state index in [2.05, 4.69) is 10.3 Å². The number of carbonyl (C=O) groups excluding carboxylic acids is 1. The van der Waals surface area contributed by atoms with E-state index in [1.54, 1.807) is 11.2 Å². The first-order chi connectivity index (χ1) is 6.20. The number of aliphatic imine (C=N–C) groups is 1. The third-order valence-corrected chi connectivity index (χ3v) is 1.79. The largest absolute Gasteiger partial charge is 0.336 e. The number of hydrogen-bond donors (Lipinski definition) is 1. The molecule has 0 spiro atoms. The maximum Gasteiger partial charge on any atom is 0.322 e. The van der Waals surface area contributed by atoms with E-state index in [9.17, 15) is 4.79 Å². The first-order valence-corrected chi connectivity index (χ1v) is 4.39. The van der Waals surface area contributed by atoms with Crippen LogP contribution in [-0.2, 0) is 0 Å². The van der Waals surface area contributed by atoms with Gasteiger partial charge in [-0.05, 0) is 14.1 Å². The second-order valence-corrected chi connectivity index (χ2v) is 3.25. The molecule has 5 heteroatoms. The molecule has 1 N–H and O–H groups in total. The van der Waals surface area contributed by atoms with Crippen LogP contribution in [0.3, 0.4) is 0 Å². The Hall–Kier alpha value is -1.10. The van der Waals surface area contributed by atoms with Crippen molar-refractivity contribution < 1.29 is 4.79 Å². The van der Waals surface area contributed by atoms with Gasteiger partial charge in [0, 0.05) is 19.6 Å². The minimum Gasteiger partial charge on any atom is -0.336 e. The highest BCUT2D eigenvalue weighted by atomic mass is 16.2. The molecule has 0 bridgehead atoms. The van der Waals surface area contributed by atoms with Crippen LogP contribution in [0.4, 0.5) is 4.79 Å². The van der Waals surface area contributed by atoms with Gasteiger partial charge in [0.2, 0.25) is 0 Å². The van der Waals surface area contributed by atoms with Crippen LogP contribution in [0.5, 0.6) is 0 Å². The average molecular weight is 184 g/mol. The highest BCUT2D eigenvalue weighted by Gasteiger charge is 2.12. The minimum absolute atomic E-state index is 0.0527. The number of likely N-dealkylation sites (N-methyl/N-ethyl adjacent to an activating group) is 1. The Morgan fingerprint density at radius 3 is 3.00 bits per heavy atom. The molecule has 0 unspecified atom stereocenters. The smallest absolute Gasteiger partial charge is 0.322 e. The molecule has 0 fully saturated rings. The SMILES string of the molecule is CN(C)CCNC(=O)N1C=NCC1. The lowest BCUT2D eigenvalue weighted by Gasteiger charge is -2.14. The molecular weight excluding hydrogens is 168 g/mol. The van der Waals surface area contributed by atoms with Gasteiger partial charge >= 0.3 is 6.03 Å². The van der Waals surface area contributed by atoms with Crippen LogP contribution in [0.15, 0.2) is 4.99 Å². The summed E-state index contributed by atoms with van der Waals surface area (Å²) in [5.74, 6) is 0. The van der Waals surface area contributed by atoms with Gasteiger partial charge in [-0.1, -0.05) is 0 Å². The van der Waals surface area contributed by atoms with Gasteiger partial charge in [-0.3, -0.25) is 9.89 Å². The number of nitrogens with one attached hydrogen (secondary N) is 1. The van der Waals surface area contributed by atoms with Crippen molar-refractivity contribution in [2.24, 2.45) is 4.99 Å². The molecule has 0 aromatic rings. The number of rotatable bonds is 3. The van der Waals surface area contributed by atoms with E-state index in [-0.39, 0.29) is 6.03 Å². The van der Waals surface area contributed by atoms with Crippen molar-refractivity contribution in [1.29, 1.82) is 0 Å². The summed E-state index contributed by atoms with van der Waals surface area (Å²) in [5.41, 5.74) is 0. The first-order valence-electron chi connectivity index (χ1n) is 4.39. The first kappa shape index (κ1) is 9.98. The summed E-state index contributed by atoms with van der Waals surface area (Å²) in [6, 6.07) is -0.0527. The number of urea groups is 1. The zero-order valence-electron chi connectivity index (χ0n) is 8.16. The number of hydrogen-bond acceptors (Lipinski definition) is 3. The molecule has 1 aliphatic heterocycles. The van der Waals surface area contributed by atoms with Crippen molar-refractivity contribution >= 4 is 12.4 Å². The molecular formula is C8H16N4O. The Morgan fingerprint density at radius 2 is 2.46 bits per heavy atom. The van der Waals surface area contributed by atoms with Crippen LogP contribution >= 0.6 is 0 Å². The molecule has 2 amide bonds. The van der Waals surface area contributed by atoms with E-state index in [1.165, 1.54) is 0 Å². The fraction of sp³-hybridized carbons (Fsp3) is 0.750. The van der Waals surface area contributed by atoms with E-state index in [0.29, 0.717) is 13.1 Å². The van der Waals surface area contributed by atoms with Gasteiger partial charge in [-0.15, -0.1) is 0 Å². The van der Waals surface area contributed by atoms with Crippen molar-refractivity contribution in [2.45, 2.75) is 0 Å². The van der Waals surface area contributed by atoms with Crippen molar-refractivity contribution in [3.8, 4) is 0 Å². The second-order valence-electron chi connectivity index (χ2n) is 3.25. The molecule has 0 radical (unpaired) electrons. The standard InChI is InChI=1S/C8H16N4O/c1-11(2)5-4-10-8(13)12-6-3-9-7-12/h7H,3-6H2,1-2H3,(H,10,13). The lowest BCUT2D eigenvalue weighted by Crippen LogP contribution is -2.40. The topological polar surface area (TPSA) is 47.9 Å². The minimum atomic E-state index is -0.0527. The molecule has 0 saturated heterocycles. The third kappa shape index (κ3) is 3.42. The Kier molecular flexibility index (Phi) is 3.70. The molecule has 0 aromatic heterocycles. The summed E-state index contributed by atoms with van der Waals surface area (Å²) >= 11 is 0. The van der Waals surface area contributed by atoms with Gasteiger partial charge in [0.25, 0.3) is 0 Å². The van der Waals surface area contributed by atoms with Gasteiger partial charge in [-0.2, -0.15) is 0 Å². The molecule has 1 heterocycles. The Balaban J connectivity index is 2.14. The molecule has 13 heavy (non-hydrogen) atoms. The van der Waals surface area contributed by atoms with Crippen LogP contribution in [0, 0.1) is 0 Å². The van der Waals surface area contributed by atoms with Crippen molar-refractivity contribution in [2.75, 3.05) is 40.3 Å². The highest BCUT2D eigenvalue weighted by molar-refractivity contribution is 5.87. The van der Waals surface area contributed by atoms with Gasteiger partial charge in [0.1, 0.15) is 0 Å². The number of nitrogens with zero attached hydrogens (tertiary/aromatic N) is 3. The molecule has 0 atom stereocenters. The number of carbonyl (C=O) groups is 1. The van der Waals surface area contributed by atoms with Crippen LogP contribution in [0.2, 0.25) is 0 Å². The summed E-state index contributed by atoms with van der Waals surface area (Å²) in [4.78, 5) is 18.9. The summed E-state index contributed by atoms with van der Waals surface area (Å²) in [7, 11) is 3.95. The Bertz CT molecular complexity index is 202. The quantitative estimate of drug-likeness (QED) is 0.649. The molecule has 74 valence electrons. The highest BCUT2D eigenvalue weighted by Crippen LogP contribution is 1.92. The predicted molar refractivity (Wildman–Crippen MR) is 52.0 cm³/mol. The fourth-order valence-corrected chi connectivity index (χ4v) is 1.02. The molecule has 1 rings (SSSR count). The summed E-state index contributed by atoms with van der Waals surface area (Å²) in [5, 5.41) is 2.81. The van der Waals surface area contributed by atoms with Crippen molar-refractivity contribution in [3.05, 3.63) is 0 Å². The van der Waals surface area contributed by atoms with E-state index in [4.69, 9.17) is 0 Å². The maximum absolute atomic E-state index is 11.3. The van der Waals surface area contributed by atoms with Crippen molar-refractivity contribution in [3.63, 3.8) is 0 Å². The Labute approximate surface area is 78.4 Å². The second kappa shape index (κ2) is 4.81. The van der Waals surface area contributed by atoms with E-state index in [0.717, 1.165) is 13.1 Å². The van der Waals surface area contributed by atoms with Crippen LogP contribution in [0.1, 0.15) is 0 Å². The van der Waals surface area contributed by atoms with Crippen LogP contribution in [-0.4, -0.2) is 62.4 Å². The zero-order valence-corrected chi connectivity index (χ0v) is 8.16. The number of amides is 2. The normalized spacial score (nSPS) is 15.5. The monoisotopic (exact) mass is 184 g/mol. The average Bonchev–Trinajstić information content (AvgIpc) is 2.55. The predicted octanol–water partition coefficient (Wildman–Crippen LogP) is -0.398. The molecule has 0 aliphatic carbocycles. The van der Waals surface area contributed by atoms with Gasteiger partial charge in [0.05, 0.1) is 12.9 Å². The van der Waals surface area contributed by atoms with Crippen LogP contribution < -0.4 is 5.32 Å². The maximum atomic E-state index is 11.3. The van der Waals surface area contributed by atoms with Crippen LogP contribution in [0.25, 0.3) is 0 Å². The third-order valence-electron chi connectivity index (χ3n) is 1.79. The fourth-order valence-electron chi connectivity index (χ4n) is 1.02. The van der Waals surface area contributed by atoms with E-state index < -0.39 is 0 Å². The van der Waals surface area contributed by atoms with Gasteiger partial charge in [-0.25, -0.2) is 4.79 Å². The van der Waals surface area contributed by atoms with Gasteiger partial charge < -0.3 is 10.2 Å².